The minimum Gasteiger partial charge on any atom is -0.496 e. The first-order valence-corrected chi connectivity index (χ1v) is 8.08. The predicted octanol–water partition coefficient (Wildman–Crippen LogP) is 4.53. The molecule has 0 saturated heterocycles. The number of para-hydroxylation sites is 2. The summed E-state index contributed by atoms with van der Waals surface area (Å²) in [6.07, 6.45) is 4.12. The normalized spacial score (nSPS) is 11.3. The molecule has 1 aromatic heterocycles. The van der Waals surface area contributed by atoms with Gasteiger partial charge in [-0.3, -0.25) is 4.79 Å². The number of H-pyrrole nitrogens is 1. The largest absolute Gasteiger partial charge is 0.496 e. The van der Waals surface area contributed by atoms with Gasteiger partial charge in [-0.25, -0.2) is 0 Å². The van der Waals surface area contributed by atoms with Crippen LogP contribution in [0.1, 0.15) is 28.4 Å². The summed E-state index contributed by atoms with van der Waals surface area (Å²) in [5.74, 6) is 0.322. The molecule has 4 heteroatoms. The first-order valence-electron chi connectivity index (χ1n) is 8.08. The van der Waals surface area contributed by atoms with Crippen molar-refractivity contribution in [1.29, 1.82) is 5.26 Å². The van der Waals surface area contributed by atoms with E-state index >= 15 is 0 Å². The van der Waals surface area contributed by atoms with Crippen molar-refractivity contribution >= 4 is 22.8 Å². The van der Waals surface area contributed by atoms with Gasteiger partial charge in [0.25, 0.3) is 0 Å². The van der Waals surface area contributed by atoms with Crippen LogP contribution in [0.2, 0.25) is 0 Å². The third kappa shape index (κ3) is 3.05. The number of Topliss-reactive ketones (excluding diaryl/α,β-unsaturated/α-hetero) is 1. The number of aromatic amines is 1. The number of nitrogens with one attached hydrogen (secondary N) is 1. The van der Waals surface area contributed by atoms with Gasteiger partial charge in [0.15, 0.2) is 0 Å². The Bertz CT molecular complexity index is 1010. The van der Waals surface area contributed by atoms with Crippen LogP contribution < -0.4 is 4.74 Å². The van der Waals surface area contributed by atoms with Crippen LogP contribution in [0.3, 0.4) is 0 Å². The highest BCUT2D eigenvalue weighted by molar-refractivity contribution is 6.20. The summed E-state index contributed by atoms with van der Waals surface area (Å²) in [5.41, 5.74) is 3.37. The summed E-state index contributed by atoms with van der Waals surface area (Å²) < 4.78 is 5.29. The van der Waals surface area contributed by atoms with E-state index in [1.807, 2.05) is 42.5 Å². The number of carbonyl (C=O) groups is 1. The van der Waals surface area contributed by atoms with Crippen molar-refractivity contribution in [2.24, 2.45) is 0 Å². The number of ether oxygens (including phenoxy) is 1. The second-order valence-corrected chi connectivity index (χ2v) is 5.64. The summed E-state index contributed by atoms with van der Waals surface area (Å²) in [4.78, 5) is 16.1. The van der Waals surface area contributed by atoms with E-state index in [1.54, 1.807) is 25.4 Å². The molecule has 4 nitrogen and oxygen atoms in total. The Hall–Kier alpha value is -3.32. The van der Waals surface area contributed by atoms with Crippen molar-refractivity contribution in [3.8, 4) is 11.8 Å². The SMILES string of the molecule is CCc1cccc2c(C(=O)/C(C#N)=C/c3ccccc3OC)c[nH]c12. The van der Waals surface area contributed by atoms with Gasteiger partial charge in [0, 0.05) is 28.2 Å². The summed E-state index contributed by atoms with van der Waals surface area (Å²) in [6.45, 7) is 2.07. The van der Waals surface area contributed by atoms with Gasteiger partial charge in [0.05, 0.1) is 7.11 Å². The molecule has 25 heavy (non-hydrogen) atoms. The van der Waals surface area contributed by atoms with Crippen LogP contribution in [0, 0.1) is 11.3 Å². The number of carbonyl (C=O) groups excluding carboxylic acids is 1. The average Bonchev–Trinajstić information content (AvgIpc) is 3.10. The molecule has 0 atom stereocenters. The number of allylic oxidation sites excluding steroid dienone is 1. The van der Waals surface area contributed by atoms with Gasteiger partial charge in [-0.2, -0.15) is 5.26 Å². The van der Waals surface area contributed by atoms with Gasteiger partial charge in [-0.05, 0) is 24.1 Å². The fourth-order valence-corrected chi connectivity index (χ4v) is 2.93. The molecule has 0 bridgehead atoms. The molecule has 2 aromatic carbocycles. The highest BCUT2D eigenvalue weighted by Crippen LogP contribution is 2.26. The molecule has 0 unspecified atom stereocenters. The molecule has 3 rings (SSSR count). The van der Waals surface area contributed by atoms with Crippen molar-refractivity contribution in [3.05, 3.63) is 70.9 Å². The predicted molar refractivity (Wildman–Crippen MR) is 98.6 cm³/mol. The van der Waals surface area contributed by atoms with E-state index in [0.717, 1.165) is 22.9 Å². The Morgan fingerprint density at radius 2 is 2.04 bits per heavy atom. The second kappa shape index (κ2) is 7.06. The highest BCUT2D eigenvalue weighted by atomic mass is 16.5. The molecule has 1 N–H and O–H groups in total. The van der Waals surface area contributed by atoms with E-state index in [-0.39, 0.29) is 11.4 Å². The van der Waals surface area contributed by atoms with Crippen LogP contribution >= 0.6 is 0 Å². The van der Waals surface area contributed by atoms with E-state index in [9.17, 15) is 10.1 Å². The first kappa shape index (κ1) is 16.5. The molecule has 0 aliphatic heterocycles. The summed E-state index contributed by atoms with van der Waals surface area (Å²) in [5, 5.41) is 10.3. The summed E-state index contributed by atoms with van der Waals surface area (Å²) in [7, 11) is 1.56. The number of aryl methyl sites for hydroxylation is 1. The lowest BCUT2D eigenvalue weighted by molar-refractivity contribution is 0.104. The van der Waals surface area contributed by atoms with Gasteiger partial charge in [-0.1, -0.05) is 43.3 Å². The maximum atomic E-state index is 12.9. The van der Waals surface area contributed by atoms with Crippen molar-refractivity contribution in [3.63, 3.8) is 0 Å². The number of methoxy groups -OCH3 is 1. The molecule has 0 aliphatic rings. The van der Waals surface area contributed by atoms with Crippen LogP contribution in [-0.4, -0.2) is 17.9 Å². The topological polar surface area (TPSA) is 65.9 Å². The van der Waals surface area contributed by atoms with E-state index in [4.69, 9.17) is 4.74 Å². The number of hydrogen-bond acceptors (Lipinski definition) is 3. The number of nitriles is 1. The number of benzene rings is 2. The van der Waals surface area contributed by atoms with E-state index in [2.05, 4.69) is 11.9 Å². The smallest absolute Gasteiger partial charge is 0.205 e. The molecule has 0 spiro atoms. The number of ketones is 1. The van der Waals surface area contributed by atoms with E-state index in [1.165, 1.54) is 0 Å². The second-order valence-electron chi connectivity index (χ2n) is 5.64. The number of aromatic nitrogens is 1. The standard InChI is InChI=1S/C21H18N2O2/c1-3-14-8-6-9-17-18(13-23-20(14)17)21(24)16(12-22)11-15-7-4-5-10-19(15)25-2/h4-11,13,23H,3H2,1-2H3/b16-11+. The molecule has 0 saturated carbocycles. The molecule has 0 amide bonds. The third-order valence-corrected chi connectivity index (χ3v) is 4.23. The molecule has 0 aliphatic carbocycles. The quantitative estimate of drug-likeness (QED) is 0.424. The zero-order valence-corrected chi connectivity index (χ0v) is 14.2. The fourth-order valence-electron chi connectivity index (χ4n) is 2.93. The van der Waals surface area contributed by atoms with E-state index in [0.29, 0.717) is 16.9 Å². The lowest BCUT2D eigenvalue weighted by atomic mass is 9.99. The van der Waals surface area contributed by atoms with Crippen molar-refractivity contribution < 1.29 is 9.53 Å². The molecule has 0 fully saturated rings. The van der Waals surface area contributed by atoms with Gasteiger partial charge < -0.3 is 9.72 Å². The Kier molecular flexibility index (Phi) is 4.67. The summed E-state index contributed by atoms with van der Waals surface area (Å²) in [6, 6.07) is 15.2. The van der Waals surface area contributed by atoms with Crippen molar-refractivity contribution in [2.75, 3.05) is 7.11 Å². The molecule has 124 valence electrons. The molecule has 1 heterocycles. The van der Waals surface area contributed by atoms with Gasteiger partial charge in [0.1, 0.15) is 17.4 Å². The lowest BCUT2D eigenvalue weighted by Gasteiger charge is -2.05. The number of rotatable bonds is 5. The Balaban J connectivity index is 2.07. The first-order chi connectivity index (χ1) is 12.2. The van der Waals surface area contributed by atoms with E-state index < -0.39 is 0 Å². The maximum Gasteiger partial charge on any atom is 0.205 e. The zero-order chi connectivity index (χ0) is 17.8. The average molecular weight is 330 g/mol. The van der Waals surface area contributed by atoms with Crippen LogP contribution in [0.15, 0.2) is 54.2 Å². The molecule has 0 radical (unpaired) electrons. The Morgan fingerprint density at radius 3 is 2.76 bits per heavy atom. The van der Waals surface area contributed by atoms with Gasteiger partial charge >= 0.3 is 0 Å². The third-order valence-electron chi connectivity index (χ3n) is 4.23. The van der Waals surface area contributed by atoms with Gasteiger partial charge in [-0.15, -0.1) is 0 Å². The fraction of sp³-hybridized carbons (Fsp3) is 0.143. The minimum atomic E-state index is -0.298. The van der Waals surface area contributed by atoms with Crippen LogP contribution in [-0.2, 0) is 6.42 Å². The van der Waals surface area contributed by atoms with Gasteiger partial charge in [0.2, 0.25) is 5.78 Å². The van der Waals surface area contributed by atoms with Crippen LogP contribution in [0.5, 0.6) is 5.75 Å². The number of hydrogen-bond donors (Lipinski definition) is 1. The van der Waals surface area contributed by atoms with Crippen molar-refractivity contribution in [1.82, 2.24) is 4.98 Å². The number of fused-ring (bicyclic) bond motifs is 1. The zero-order valence-electron chi connectivity index (χ0n) is 14.2. The lowest BCUT2D eigenvalue weighted by Crippen LogP contribution is -2.01. The molecular formula is C21H18N2O2. The highest BCUT2D eigenvalue weighted by Gasteiger charge is 2.18. The Morgan fingerprint density at radius 1 is 1.24 bits per heavy atom. The minimum absolute atomic E-state index is 0.0762. The maximum absolute atomic E-state index is 12.9. The molecular weight excluding hydrogens is 312 g/mol. The van der Waals surface area contributed by atoms with Crippen molar-refractivity contribution in [2.45, 2.75) is 13.3 Å². The summed E-state index contributed by atoms with van der Waals surface area (Å²) >= 11 is 0. The monoisotopic (exact) mass is 330 g/mol. The van der Waals surface area contributed by atoms with Crippen LogP contribution in [0.4, 0.5) is 0 Å². The van der Waals surface area contributed by atoms with Crippen LogP contribution in [0.25, 0.3) is 17.0 Å². The number of nitrogens with zero attached hydrogens (tertiary/aromatic N) is 1. The molecule has 3 aromatic rings. The Labute approximate surface area is 146 Å².